The highest BCUT2D eigenvalue weighted by molar-refractivity contribution is 5.33. The molecular weight excluding hydrogens is 328 g/mol. The Morgan fingerprint density at radius 3 is 1.59 bits per heavy atom. The van der Waals surface area contributed by atoms with Crippen LogP contribution in [0.5, 0.6) is 0 Å². The van der Waals surface area contributed by atoms with Gasteiger partial charge in [0.05, 0.1) is 0 Å². The van der Waals surface area contributed by atoms with Crippen molar-refractivity contribution in [2.24, 2.45) is 0 Å². The molecule has 2 unspecified atom stereocenters. The maximum absolute atomic E-state index is 2.56. The van der Waals surface area contributed by atoms with Crippen molar-refractivity contribution in [2.45, 2.75) is 57.0 Å². The van der Waals surface area contributed by atoms with Crippen LogP contribution in [0.15, 0.2) is 48.5 Å². The number of rotatable bonds is 6. The molecule has 2 heterocycles. The predicted molar refractivity (Wildman–Crippen MR) is 114 cm³/mol. The molecule has 0 fully saturated rings. The van der Waals surface area contributed by atoms with Gasteiger partial charge >= 0.3 is 0 Å². The van der Waals surface area contributed by atoms with Crippen LogP contribution < -0.4 is 0 Å². The summed E-state index contributed by atoms with van der Waals surface area (Å²) in [7, 11) is 4.60. The van der Waals surface area contributed by atoms with Crippen molar-refractivity contribution in [3.05, 3.63) is 70.8 Å². The van der Waals surface area contributed by atoms with Crippen LogP contribution in [0.25, 0.3) is 0 Å². The van der Waals surface area contributed by atoms with Gasteiger partial charge in [-0.25, -0.2) is 0 Å². The summed E-state index contributed by atoms with van der Waals surface area (Å²) in [6.45, 7) is 2.40. The van der Waals surface area contributed by atoms with Gasteiger partial charge < -0.3 is 0 Å². The Balaban J connectivity index is 1.29. The van der Waals surface area contributed by atoms with Gasteiger partial charge in [-0.15, -0.1) is 0 Å². The van der Waals surface area contributed by atoms with Gasteiger partial charge in [0.15, 0.2) is 0 Å². The maximum Gasteiger partial charge on any atom is 0.0347 e. The quantitative estimate of drug-likeness (QED) is 0.635. The van der Waals surface area contributed by atoms with E-state index in [1.54, 1.807) is 22.3 Å². The van der Waals surface area contributed by atoms with Crippen LogP contribution in [0.4, 0.5) is 0 Å². The lowest BCUT2D eigenvalue weighted by atomic mass is 9.88. The van der Waals surface area contributed by atoms with Gasteiger partial charge in [-0.3, -0.25) is 9.80 Å². The van der Waals surface area contributed by atoms with E-state index in [9.17, 15) is 0 Å². The topological polar surface area (TPSA) is 6.48 Å². The summed E-state index contributed by atoms with van der Waals surface area (Å²) in [6, 6.07) is 19.4. The van der Waals surface area contributed by atoms with Crippen LogP contribution in [0, 0.1) is 0 Å². The lowest BCUT2D eigenvalue weighted by molar-refractivity contribution is 0.205. The zero-order valence-electron chi connectivity index (χ0n) is 17.0. The first kappa shape index (κ1) is 18.7. The molecule has 2 aliphatic heterocycles. The second-order valence-electron chi connectivity index (χ2n) is 8.53. The normalized spacial score (nSPS) is 23.0. The molecule has 0 amide bonds. The van der Waals surface area contributed by atoms with Gasteiger partial charge in [0.2, 0.25) is 0 Å². The Morgan fingerprint density at radius 1 is 0.667 bits per heavy atom. The number of hydrogen-bond donors (Lipinski definition) is 0. The number of hydrogen-bond acceptors (Lipinski definition) is 2. The van der Waals surface area contributed by atoms with Gasteiger partial charge in [-0.2, -0.15) is 0 Å². The van der Waals surface area contributed by atoms with E-state index in [4.69, 9.17) is 0 Å². The fourth-order valence-electron chi connectivity index (χ4n) is 5.16. The van der Waals surface area contributed by atoms with Crippen LogP contribution >= 0.6 is 0 Å². The first-order chi connectivity index (χ1) is 13.2. The molecule has 0 saturated carbocycles. The van der Waals surface area contributed by atoms with Gasteiger partial charge in [0, 0.05) is 25.2 Å². The Bertz CT molecular complexity index is 690. The van der Waals surface area contributed by atoms with Gasteiger partial charge in [-0.1, -0.05) is 67.8 Å². The maximum atomic E-state index is 2.56. The van der Waals surface area contributed by atoms with Gasteiger partial charge in [-0.05, 0) is 62.0 Å². The average molecular weight is 363 g/mol. The summed E-state index contributed by atoms with van der Waals surface area (Å²) in [6.07, 6.45) is 9.02. The van der Waals surface area contributed by atoms with E-state index < -0.39 is 0 Å². The molecule has 0 N–H and O–H groups in total. The molecule has 0 aromatic heterocycles. The minimum atomic E-state index is 0.619. The largest absolute Gasteiger partial charge is 0.299 e. The third-order valence-corrected chi connectivity index (χ3v) is 6.82. The molecule has 2 aromatic rings. The summed E-state index contributed by atoms with van der Waals surface area (Å²) in [5, 5.41) is 0. The zero-order chi connectivity index (χ0) is 18.6. The summed E-state index contributed by atoms with van der Waals surface area (Å²) in [5.74, 6) is 0. The lowest BCUT2D eigenvalue weighted by Crippen LogP contribution is -2.32. The van der Waals surface area contributed by atoms with Crippen molar-refractivity contribution in [1.82, 2.24) is 9.80 Å². The van der Waals surface area contributed by atoms with E-state index in [1.807, 2.05) is 0 Å². The smallest absolute Gasteiger partial charge is 0.0347 e. The summed E-state index contributed by atoms with van der Waals surface area (Å²) < 4.78 is 0. The first-order valence-electron chi connectivity index (χ1n) is 10.8. The first-order valence-corrected chi connectivity index (χ1v) is 10.8. The summed E-state index contributed by atoms with van der Waals surface area (Å²) in [4.78, 5) is 5.13. The number of benzene rings is 2. The van der Waals surface area contributed by atoms with Crippen molar-refractivity contribution in [3.63, 3.8) is 0 Å². The second-order valence-corrected chi connectivity index (χ2v) is 8.53. The Labute approximate surface area is 165 Å². The molecule has 0 radical (unpaired) electrons. The Hall–Kier alpha value is -1.64. The fourth-order valence-corrected chi connectivity index (χ4v) is 5.16. The fraction of sp³-hybridized carbons (Fsp3) is 0.520. The highest BCUT2D eigenvalue weighted by atomic mass is 15.1. The zero-order valence-corrected chi connectivity index (χ0v) is 17.0. The average Bonchev–Trinajstić information content (AvgIpc) is 2.70. The van der Waals surface area contributed by atoms with Crippen molar-refractivity contribution in [3.8, 4) is 0 Å². The molecule has 2 atom stereocenters. The monoisotopic (exact) mass is 362 g/mol. The summed E-state index contributed by atoms with van der Waals surface area (Å²) in [5.41, 5.74) is 6.29. The molecule has 0 saturated heterocycles. The Kier molecular flexibility index (Phi) is 5.95. The Morgan fingerprint density at radius 2 is 1.11 bits per heavy atom. The lowest BCUT2D eigenvalue weighted by Gasteiger charge is -2.35. The third-order valence-electron chi connectivity index (χ3n) is 6.82. The van der Waals surface area contributed by atoms with E-state index in [0.29, 0.717) is 12.1 Å². The molecule has 144 valence electrons. The molecule has 0 spiro atoms. The molecule has 2 nitrogen and oxygen atoms in total. The molecule has 0 aliphatic carbocycles. The van der Waals surface area contributed by atoms with E-state index in [2.05, 4.69) is 72.4 Å². The van der Waals surface area contributed by atoms with E-state index in [0.717, 1.165) is 0 Å². The van der Waals surface area contributed by atoms with Gasteiger partial charge in [0.1, 0.15) is 0 Å². The van der Waals surface area contributed by atoms with Crippen LogP contribution in [0.3, 0.4) is 0 Å². The van der Waals surface area contributed by atoms with Gasteiger partial charge in [0.25, 0.3) is 0 Å². The van der Waals surface area contributed by atoms with Crippen molar-refractivity contribution >= 4 is 0 Å². The molecule has 2 aliphatic rings. The molecule has 0 bridgehead atoms. The molecule has 27 heavy (non-hydrogen) atoms. The van der Waals surface area contributed by atoms with Crippen molar-refractivity contribution < 1.29 is 0 Å². The molecule has 2 heteroatoms. The molecule has 4 rings (SSSR count). The van der Waals surface area contributed by atoms with Crippen LogP contribution in [0.2, 0.25) is 0 Å². The van der Waals surface area contributed by atoms with Crippen LogP contribution in [-0.2, 0) is 12.8 Å². The summed E-state index contributed by atoms with van der Waals surface area (Å²) >= 11 is 0. The standard InChI is InChI=1S/C25H34N2/c1-26-18-16-20-10-6-8-12-22(20)24(26)14-4-3-5-15-25-23-13-9-7-11-21(23)17-19-27(25)2/h6-13,24-25H,3-5,14-19H2,1-2H3. The van der Waals surface area contributed by atoms with E-state index in [-0.39, 0.29) is 0 Å². The third kappa shape index (κ3) is 4.12. The highest BCUT2D eigenvalue weighted by Gasteiger charge is 2.25. The van der Waals surface area contributed by atoms with E-state index in [1.165, 1.54) is 58.0 Å². The minimum Gasteiger partial charge on any atom is -0.299 e. The SMILES string of the molecule is CN1CCc2ccccc2C1CCCCCC1c2ccccc2CCN1C. The van der Waals surface area contributed by atoms with Crippen LogP contribution in [0.1, 0.15) is 66.4 Å². The van der Waals surface area contributed by atoms with E-state index >= 15 is 0 Å². The van der Waals surface area contributed by atoms with Crippen molar-refractivity contribution in [1.29, 1.82) is 0 Å². The number of fused-ring (bicyclic) bond motifs is 2. The number of likely N-dealkylation sites (N-methyl/N-ethyl adjacent to an activating group) is 2. The predicted octanol–water partition coefficient (Wildman–Crippen LogP) is 5.40. The number of nitrogens with zero attached hydrogens (tertiary/aromatic N) is 2. The van der Waals surface area contributed by atoms with Crippen LogP contribution in [-0.4, -0.2) is 37.0 Å². The number of unbranched alkanes of at least 4 members (excludes halogenated alkanes) is 2. The second kappa shape index (κ2) is 8.58. The molecule has 2 aromatic carbocycles. The highest BCUT2D eigenvalue weighted by Crippen LogP contribution is 2.34. The molecular formula is C25H34N2. The van der Waals surface area contributed by atoms with Crippen molar-refractivity contribution in [2.75, 3.05) is 27.2 Å². The minimum absolute atomic E-state index is 0.619.